The van der Waals surface area contributed by atoms with Gasteiger partial charge in [-0.1, -0.05) is 35.9 Å². The van der Waals surface area contributed by atoms with Crippen molar-refractivity contribution in [2.45, 2.75) is 5.25 Å². The zero-order valence-corrected chi connectivity index (χ0v) is 11.9. The van der Waals surface area contributed by atoms with Gasteiger partial charge in [-0.15, -0.1) is 11.8 Å². The molecule has 1 aliphatic rings. The molecule has 1 aliphatic heterocycles. The molecule has 96 valence electrons. The van der Waals surface area contributed by atoms with Crippen molar-refractivity contribution in [1.82, 2.24) is 0 Å². The van der Waals surface area contributed by atoms with Gasteiger partial charge in [0, 0.05) is 10.7 Å². The maximum Gasteiger partial charge on any atom is 0.242 e. The normalized spacial score (nSPS) is 17.2. The molecule has 0 aliphatic carbocycles. The Balaban J connectivity index is 2.04. The molecule has 2 nitrogen and oxygen atoms in total. The Labute approximate surface area is 121 Å². The molecular weight excluding hydrogens is 278 g/mol. The number of hydrogen-bond acceptors (Lipinski definition) is 2. The minimum absolute atomic E-state index is 0.0609. The molecule has 1 N–H and O–H groups in total. The number of hydrogen-bond donors (Lipinski definition) is 1. The largest absolute Gasteiger partial charge is 0.324 e. The molecule has 4 heteroatoms. The van der Waals surface area contributed by atoms with Crippen molar-refractivity contribution in [1.29, 1.82) is 0 Å². The van der Waals surface area contributed by atoms with Gasteiger partial charge in [0.25, 0.3) is 0 Å². The predicted octanol–water partition coefficient (Wildman–Crippen LogP) is 4.36. The van der Waals surface area contributed by atoms with Crippen LogP contribution in [0.1, 0.15) is 10.8 Å². The topological polar surface area (TPSA) is 29.1 Å². The van der Waals surface area contributed by atoms with E-state index in [1.807, 2.05) is 48.7 Å². The number of rotatable bonds is 2. The molecule has 0 spiro atoms. The van der Waals surface area contributed by atoms with Crippen LogP contribution in [0, 0.1) is 0 Å². The zero-order chi connectivity index (χ0) is 13.4. The lowest BCUT2D eigenvalue weighted by molar-refractivity contribution is -0.115. The van der Waals surface area contributed by atoms with Crippen LogP contribution in [0.5, 0.6) is 0 Å². The number of carbonyl (C=O) groups is 1. The van der Waals surface area contributed by atoms with E-state index in [1.54, 1.807) is 11.8 Å². The van der Waals surface area contributed by atoms with Crippen molar-refractivity contribution in [2.24, 2.45) is 0 Å². The number of carbonyl (C=O) groups excluding carboxylic acids is 1. The van der Waals surface area contributed by atoms with Gasteiger partial charge in [-0.3, -0.25) is 4.79 Å². The smallest absolute Gasteiger partial charge is 0.242 e. The van der Waals surface area contributed by atoms with Crippen molar-refractivity contribution >= 4 is 35.0 Å². The molecule has 0 bridgehead atoms. The van der Waals surface area contributed by atoms with Gasteiger partial charge in [0.15, 0.2) is 0 Å². The summed E-state index contributed by atoms with van der Waals surface area (Å²) < 4.78 is 0. The fraction of sp³-hybridized carbons (Fsp3) is 0.133. The molecule has 1 unspecified atom stereocenters. The molecule has 0 aromatic heterocycles. The third-order valence-corrected chi connectivity index (χ3v) is 4.40. The molecule has 0 saturated carbocycles. The molecule has 1 atom stereocenters. The summed E-state index contributed by atoms with van der Waals surface area (Å²) in [6.45, 7) is 0. The van der Waals surface area contributed by atoms with E-state index in [9.17, 15) is 4.79 Å². The van der Waals surface area contributed by atoms with Crippen molar-refractivity contribution in [3.05, 3.63) is 53.1 Å². The fourth-order valence-corrected chi connectivity index (χ4v) is 3.24. The average Bonchev–Trinajstić information content (AvgIpc) is 2.72. The second-order valence-corrected chi connectivity index (χ2v) is 5.80. The first kappa shape index (κ1) is 12.6. The van der Waals surface area contributed by atoms with Gasteiger partial charge in [-0.2, -0.15) is 0 Å². The van der Waals surface area contributed by atoms with Gasteiger partial charge in [-0.05, 0) is 41.1 Å². The van der Waals surface area contributed by atoms with E-state index >= 15 is 0 Å². The van der Waals surface area contributed by atoms with Crippen LogP contribution in [0.2, 0.25) is 5.02 Å². The lowest BCUT2D eigenvalue weighted by Crippen LogP contribution is -2.08. The first-order valence-corrected chi connectivity index (χ1v) is 7.59. The van der Waals surface area contributed by atoms with Gasteiger partial charge < -0.3 is 5.32 Å². The number of halogens is 1. The Morgan fingerprint density at radius 1 is 1.16 bits per heavy atom. The summed E-state index contributed by atoms with van der Waals surface area (Å²) >= 11 is 7.56. The highest BCUT2D eigenvalue weighted by molar-refractivity contribution is 7.99. The Kier molecular flexibility index (Phi) is 3.25. The lowest BCUT2D eigenvalue weighted by Gasteiger charge is -2.07. The monoisotopic (exact) mass is 289 g/mol. The lowest BCUT2D eigenvalue weighted by atomic mass is 10.0. The highest BCUT2D eigenvalue weighted by Gasteiger charge is 2.29. The average molecular weight is 290 g/mol. The summed E-state index contributed by atoms with van der Waals surface area (Å²) in [5.41, 5.74) is 4.07. The van der Waals surface area contributed by atoms with E-state index in [1.165, 1.54) is 0 Å². The van der Waals surface area contributed by atoms with Gasteiger partial charge in [0.2, 0.25) is 5.91 Å². The van der Waals surface area contributed by atoms with E-state index in [0.717, 1.165) is 22.4 Å². The second kappa shape index (κ2) is 4.91. The predicted molar refractivity (Wildman–Crippen MR) is 81.8 cm³/mol. The van der Waals surface area contributed by atoms with Crippen LogP contribution < -0.4 is 5.32 Å². The minimum Gasteiger partial charge on any atom is -0.324 e. The molecule has 19 heavy (non-hydrogen) atoms. The maximum atomic E-state index is 11.8. The SMILES string of the molecule is CSC1C(=O)Nc2cc(-c3cccc(Cl)c3)ccc21. The Bertz CT molecular complexity index is 656. The van der Waals surface area contributed by atoms with Crippen molar-refractivity contribution in [3.63, 3.8) is 0 Å². The number of thioether (sulfide) groups is 1. The molecule has 2 aromatic rings. The van der Waals surface area contributed by atoms with Crippen LogP contribution in [0.4, 0.5) is 5.69 Å². The summed E-state index contributed by atoms with van der Waals surface area (Å²) in [4.78, 5) is 11.8. The van der Waals surface area contributed by atoms with Crippen molar-refractivity contribution in [2.75, 3.05) is 11.6 Å². The van der Waals surface area contributed by atoms with Crippen LogP contribution in [-0.4, -0.2) is 12.2 Å². The Hall–Kier alpha value is -1.45. The molecular formula is C15H12ClNOS. The Morgan fingerprint density at radius 3 is 2.68 bits per heavy atom. The van der Waals surface area contributed by atoms with Crippen LogP contribution in [0.25, 0.3) is 11.1 Å². The second-order valence-electron chi connectivity index (χ2n) is 4.42. The van der Waals surface area contributed by atoms with E-state index in [-0.39, 0.29) is 11.2 Å². The highest BCUT2D eigenvalue weighted by atomic mass is 35.5. The van der Waals surface area contributed by atoms with E-state index in [0.29, 0.717) is 5.02 Å². The third-order valence-electron chi connectivity index (χ3n) is 3.23. The molecule has 1 amide bonds. The Morgan fingerprint density at radius 2 is 1.95 bits per heavy atom. The first-order valence-electron chi connectivity index (χ1n) is 5.92. The third kappa shape index (κ3) is 2.24. The van der Waals surface area contributed by atoms with E-state index in [2.05, 4.69) is 5.32 Å². The van der Waals surface area contributed by atoms with Crippen molar-refractivity contribution in [3.8, 4) is 11.1 Å². The molecule has 2 aromatic carbocycles. The zero-order valence-electron chi connectivity index (χ0n) is 10.3. The number of nitrogens with one attached hydrogen (secondary N) is 1. The summed E-state index contributed by atoms with van der Waals surface area (Å²) in [5, 5.41) is 3.55. The summed E-state index contributed by atoms with van der Waals surface area (Å²) in [7, 11) is 0. The maximum absolute atomic E-state index is 11.8. The van der Waals surface area contributed by atoms with Gasteiger partial charge in [0.05, 0.1) is 0 Å². The quantitative estimate of drug-likeness (QED) is 0.890. The van der Waals surface area contributed by atoms with Crippen molar-refractivity contribution < 1.29 is 4.79 Å². The van der Waals surface area contributed by atoms with Gasteiger partial charge in [0.1, 0.15) is 5.25 Å². The minimum atomic E-state index is -0.0941. The van der Waals surface area contributed by atoms with E-state index < -0.39 is 0 Å². The summed E-state index contributed by atoms with van der Waals surface area (Å²) in [6.07, 6.45) is 1.95. The highest BCUT2D eigenvalue weighted by Crippen LogP contribution is 2.40. The summed E-state index contributed by atoms with van der Waals surface area (Å²) in [5.74, 6) is 0.0609. The molecule has 0 saturated heterocycles. The van der Waals surface area contributed by atoms with Crippen LogP contribution in [0.15, 0.2) is 42.5 Å². The molecule has 0 radical (unpaired) electrons. The van der Waals surface area contributed by atoms with Crippen LogP contribution >= 0.6 is 23.4 Å². The van der Waals surface area contributed by atoms with Crippen LogP contribution in [-0.2, 0) is 4.79 Å². The van der Waals surface area contributed by atoms with Gasteiger partial charge >= 0.3 is 0 Å². The summed E-state index contributed by atoms with van der Waals surface area (Å²) in [6, 6.07) is 13.8. The molecule has 0 fully saturated rings. The number of benzene rings is 2. The first-order chi connectivity index (χ1) is 9.19. The standard InChI is InChI=1S/C15H12ClNOS/c1-19-14-12-6-5-10(8-13(12)17-15(14)18)9-3-2-4-11(16)7-9/h2-8,14H,1H3,(H,17,18). The number of fused-ring (bicyclic) bond motifs is 1. The van der Waals surface area contributed by atoms with Crippen LogP contribution in [0.3, 0.4) is 0 Å². The fourth-order valence-electron chi connectivity index (χ4n) is 2.31. The number of anilines is 1. The number of amides is 1. The van der Waals surface area contributed by atoms with Gasteiger partial charge in [-0.25, -0.2) is 0 Å². The molecule has 3 rings (SSSR count). The van der Waals surface area contributed by atoms with E-state index in [4.69, 9.17) is 11.6 Å². The molecule has 1 heterocycles.